The molecule has 0 radical (unpaired) electrons. The number of hydrogen-bond acceptors (Lipinski definition) is 4. The Labute approximate surface area is 174 Å². The Kier molecular flexibility index (Phi) is 4.56. The van der Waals surface area contributed by atoms with Gasteiger partial charge < -0.3 is 10.2 Å². The molecule has 0 bridgehead atoms. The lowest BCUT2D eigenvalue weighted by atomic mass is 10.1. The predicted molar refractivity (Wildman–Crippen MR) is 116 cm³/mol. The van der Waals surface area contributed by atoms with Crippen LogP contribution in [0.4, 0.5) is 5.69 Å². The lowest BCUT2D eigenvalue weighted by Gasteiger charge is -2.14. The monoisotopic (exact) mass is 395 g/mol. The minimum Gasteiger partial charge on any atom is -0.379 e. The van der Waals surface area contributed by atoms with Crippen LogP contribution >= 0.6 is 0 Å². The van der Waals surface area contributed by atoms with E-state index in [0.29, 0.717) is 23.4 Å². The molecule has 30 heavy (non-hydrogen) atoms. The first kappa shape index (κ1) is 18.2. The highest BCUT2D eigenvalue weighted by atomic mass is 16.2. The number of nitrogens with zero attached hydrogens (tertiary/aromatic N) is 4. The summed E-state index contributed by atoms with van der Waals surface area (Å²) in [5.74, 6) is -0.0667. The summed E-state index contributed by atoms with van der Waals surface area (Å²) in [6.45, 7) is 2.13. The number of fused-ring (bicyclic) bond motifs is 3. The van der Waals surface area contributed by atoms with Crippen LogP contribution in [-0.4, -0.2) is 33.3 Å². The molecule has 0 atom stereocenters. The van der Waals surface area contributed by atoms with E-state index < -0.39 is 0 Å². The third-order valence-corrected chi connectivity index (χ3v) is 5.65. The normalized spacial score (nSPS) is 13.6. The maximum absolute atomic E-state index is 12.9. The largest absolute Gasteiger partial charge is 0.379 e. The second-order valence-electron chi connectivity index (χ2n) is 7.54. The number of benzene rings is 2. The van der Waals surface area contributed by atoms with Gasteiger partial charge in [-0.05, 0) is 24.5 Å². The molecule has 5 rings (SSSR count). The van der Waals surface area contributed by atoms with Gasteiger partial charge in [-0.25, -0.2) is 4.98 Å². The third-order valence-electron chi connectivity index (χ3n) is 5.65. The molecule has 2 aromatic heterocycles. The van der Waals surface area contributed by atoms with Gasteiger partial charge in [0.1, 0.15) is 17.3 Å². The quantitative estimate of drug-likeness (QED) is 0.562. The van der Waals surface area contributed by atoms with Gasteiger partial charge in [-0.2, -0.15) is 5.26 Å². The summed E-state index contributed by atoms with van der Waals surface area (Å²) in [7, 11) is 0. The van der Waals surface area contributed by atoms with Crippen LogP contribution in [0.25, 0.3) is 16.6 Å². The number of nitriles is 1. The van der Waals surface area contributed by atoms with E-state index in [1.165, 1.54) is 0 Å². The standard InChI is InChI=1S/C24H21N5O/c25-14-19-22(26-15-17-8-2-1-3-9-17)18-10-4-5-11-21(18)29-16-20(27-23(19)29)24(30)28-12-6-7-13-28/h1-5,8-11,16,26H,6-7,12-13,15H2. The van der Waals surface area contributed by atoms with Gasteiger partial charge in [0.2, 0.25) is 0 Å². The summed E-state index contributed by atoms with van der Waals surface area (Å²) in [6, 6.07) is 20.3. The van der Waals surface area contributed by atoms with Crippen LogP contribution in [0.15, 0.2) is 60.8 Å². The second-order valence-corrected chi connectivity index (χ2v) is 7.54. The Bertz CT molecular complexity index is 1280. The molecule has 0 aliphatic carbocycles. The maximum atomic E-state index is 12.9. The fourth-order valence-corrected chi connectivity index (χ4v) is 4.14. The molecule has 4 aromatic rings. The average molecular weight is 395 g/mol. The SMILES string of the molecule is N#Cc1c(NCc2ccccc2)c2ccccc2n2cc(C(=O)N3CCCC3)nc12. The van der Waals surface area contributed by atoms with Crippen LogP contribution in [0.2, 0.25) is 0 Å². The van der Waals surface area contributed by atoms with Gasteiger partial charge in [0, 0.05) is 31.2 Å². The van der Waals surface area contributed by atoms with Gasteiger partial charge in [0.05, 0.1) is 11.2 Å². The van der Waals surface area contributed by atoms with Gasteiger partial charge >= 0.3 is 0 Å². The van der Waals surface area contributed by atoms with Crippen molar-refractivity contribution in [3.63, 3.8) is 0 Å². The highest BCUT2D eigenvalue weighted by Gasteiger charge is 2.24. The Morgan fingerprint density at radius 3 is 2.57 bits per heavy atom. The number of pyridine rings is 1. The molecule has 3 heterocycles. The molecule has 1 saturated heterocycles. The molecule has 6 heteroatoms. The first-order chi connectivity index (χ1) is 14.8. The summed E-state index contributed by atoms with van der Waals surface area (Å²) >= 11 is 0. The van der Waals surface area contributed by atoms with E-state index in [1.807, 2.05) is 63.9 Å². The van der Waals surface area contributed by atoms with Gasteiger partial charge in [0.15, 0.2) is 5.65 Å². The Morgan fingerprint density at radius 1 is 1.07 bits per heavy atom. The van der Waals surface area contributed by atoms with Crippen LogP contribution in [-0.2, 0) is 6.54 Å². The minimum absolute atomic E-state index is 0.0667. The first-order valence-corrected chi connectivity index (χ1v) is 10.2. The number of carbonyl (C=O) groups excluding carboxylic acids is 1. The van der Waals surface area contributed by atoms with Crippen molar-refractivity contribution in [2.75, 3.05) is 18.4 Å². The predicted octanol–water partition coefficient (Wildman–Crippen LogP) is 4.21. The topological polar surface area (TPSA) is 73.4 Å². The van der Waals surface area contributed by atoms with E-state index in [9.17, 15) is 10.1 Å². The van der Waals surface area contributed by atoms with Crippen molar-refractivity contribution in [1.82, 2.24) is 14.3 Å². The van der Waals surface area contributed by atoms with Gasteiger partial charge in [-0.1, -0.05) is 48.5 Å². The molecule has 0 saturated carbocycles. The van der Waals surface area contributed by atoms with E-state index in [2.05, 4.69) is 16.4 Å². The number of anilines is 1. The lowest BCUT2D eigenvalue weighted by molar-refractivity contribution is 0.0787. The van der Waals surface area contributed by atoms with E-state index in [4.69, 9.17) is 0 Å². The second kappa shape index (κ2) is 7.53. The van der Waals surface area contributed by atoms with Crippen molar-refractivity contribution in [2.24, 2.45) is 0 Å². The van der Waals surface area contributed by atoms with Gasteiger partial charge in [0.25, 0.3) is 5.91 Å². The van der Waals surface area contributed by atoms with E-state index in [0.717, 1.165) is 48.1 Å². The molecule has 0 unspecified atom stereocenters. The minimum atomic E-state index is -0.0667. The molecular weight excluding hydrogens is 374 g/mol. The van der Waals surface area contributed by atoms with E-state index in [-0.39, 0.29) is 5.91 Å². The molecule has 0 spiro atoms. The van der Waals surface area contributed by atoms with Crippen molar-refractivity contribution in [3.8, 4) is 6.07 Å². The number of amides is 1. The number of para-hydroxylation sites is 1. The summed E-state index contributed by atoms with van der Waals surface area (Å²) in [5.41, 5.74) is 4.13. The first-order valence-electron chi connectivity index (χ1n) is 10.2. The highest BCUT2D eigenvalue weighted by molar-refractivity contribution is 6.00. The number of nitrogens with one attached hydrogen (secondary N) is 1. The Morgan fingerprint density at radius 2 is 1.80 bits per heavy atom. The zero-order valence-electron chi connectivity index (χ0n) is 16.5. The smallest absolute Gasteiger partial charge is 0.274 e. The fraction of sp³-hybridized carbons (Fsp3) is 0.208. The summed E-state index contributed by atoms with van der Waals surface area (Å²) in [4.78, 5) is 19.3. The van der Waals surface area contributed by atoms with Crippen molar-refractivity contribution in [3.05, 3.63) is 77.6 Å². The van der Waals surface area contributed by atoms with E-state index in [1.54, 1.807) is 6.20 Å². The van der Waals surface area contributed by atoms with Crippen molar-refractivity contribution < 1.29 is 4.79 Å². The van der Waals surface area contributed by atoms with E-state index >= 15 is 0 Å². The van der Waals surface area contributed by atoms with Crippen molar-refractivity contribution in [1.29, 1.82) is 5.26 Å². The molecule has 1 amide bonds. The van der Waals surface area contributed by atoms with Crippen molar-refractivity contribution >= 4 is 28.1 Å². The molecule has 1 fully saturated rings. The molecule has 1 N–H and O–H groups in total. The number of carbonyl (C=O) groups is 1. The summed E-state index contributed by atoms with van der Waals surface area (Å²) < 4.78 is 1.87. The van der Waals surface area contributed by atoms with Gasteiger partial charge in [-0.15, -0.1) is 0 Å². The molecule has 2 aromatic carbocycles. The fourth-order valence-electron chi connectivity index (χ4n) is 4.14. The number of imidazole rings is 1. The van der Waals surface area contributed by atoms with Crippen LogP contribution in [0.1, 0.15) is 34.5 Å². The summed E-state index contributed by atoms with van der Waals surface area (Å²) in [5, 5.41) is 14.4. The van der Waals surface area contributed by atoms with Crippen LogP contribution < -0.4 is 5.32 Å². The lowest BCUT2D eigenvalue weighted by Crippen LogP contribution is -2.27. The van der Waals surface area contributed by atoms with Gasteiger partial charge in [-0.3, -0.25) is 9.20 Å². The number of hydrogen-bond donors (Lipinski definition) is 1. The number of aromatic nitrogens is 2. The molecule has 6 nitrogen and oxygen atoms in total. The highest BCUT2D eigenvalue weighted by Crippen LogP contribution is 2.31. The molecule has 1 aliphatic heterocycles. The number of likely N-dealkylation sites (tertiary alicyclic amines) is 1. The molecular formula is C24H21N5O. The zero-order chi connectivity index (χ0) is 20.5. The van der Waals surface area contributed by atoms with Crippen LogP contribution in [0, 0.1) is 11.3 Å². The third kappa shape index (κ3) is 3.05. The Balaban J connectivity index is 1.65. The summed E-state index contributed by atoms with van der Waals surface area (Å²) in [6.07, 6.45) is 3.82. The maximum Gasteiger partial charge on any atom is 0.274 e. The average Bonchev–Trinajstić information content (AvgIpc) is 3.48. The van der Waals surface area contributed by atoms with Crippen molar-refractivity contribution in [2.45, 2.75) is 19.4 Å². The number of rotatable bonds is 4. The zero-order valence-corrected chi connectivity index (χ0v) is 16.5. The molecule has 148 valence electrons. The Hall–Kier alpha value is -3.85. The van der Waals surface area contributed by atoms with Crippen LogP contribution in [0.3, 0.4) is 0 Å². The molecule has 1 aliphatic rings. The van der Waals surface area contributed by atoms with Crippen LogP contribution in [0.5, 0.6) is 0 Å².